The van der Waals surface area contributed by atoms with Crippen molar-refractivity contribution in [2.45, 2.75) is 12.5 Å². The lowest BCUT2D eigenvalue weighted by molar-refractivity contribution is 0.752. The largest absolute Gasteiger partial charge is 0.369 e. The average molecular weight is 241 g/mol. The van der Waals surface area contributed by atoms with Crippen LogP contribution in [-0.2, 0) is 0 Å². The van der Waals surface area contributed by atoms with E-state index in [1.54, 1.807) is 0 Å². The van der Waals surface area contributed by atoms with E-state index in [-0.39, 0.29) is 0 Å². The fraction of sp³-hybridized carbons (Fsp3) is 0.400. The molecule has 2 nitrogen and oxygen atoms in total. The fourth-order valence-electron chi connectivity index (χ4n) is 1.71. The Bertz CT molecular complexity index is 301. The molecule has 70 valence electrons. The third-order valence-electron chi connectivity index (χ3n) is 2.42. The van der Waals surface area contributed by atoms with Gasteiger partial charge in [-0.1, -0.05) is 12.1 Å². The predicted molar refractivity (Wildman–Crippen MR) is 58.9 cm³/mol. The molecule has 1 atom stereocenters. The van der Waals surface area contributed by atoms with Crippen molar-refractivity contribution < 1.29 is 0 Å². The van der Waals surface area contributed by atoms with Crippen LogP contribution in [-0.4, -0.2) is 19.1 Å². The number of nitrogens with two attached hydrogens (primary N) is 1. The van der Waals surface area contributed by atoms with Gasteiger partial charge >= 0.3 is 0 Å². The molecule has 0 bridgehead atoms. The smallest absolute Gasteiger partial charge is 0.0511 e. The predicted octanol–water partition coefficient (Wildman–Crippen LogP) is 1.99. The van der Waals surface area contributed by atoms with Crippen molar-refractivity contribution in [3.63, 3.8) is 0 Å². The van der Waals surface area contributed by atoms with Crippen LogP contribution in [0.1, 0.15) is 6.42 Å². The second-order valence-electron chi connectivity index (χ2n) is 3.45. The van der Waals surface area contributed by atoms with Crippen LogP contribution in [0.4, 0.5) is 5.69 Å². The number of hydrogen-bond acceptors (Lipinski definition) is 2. The van der Waals surface area contributed by atoms with Crippen molar-refractivity contribution in [2.75, 3.05) is 18.0 Å². The number of para-hydroxylation sites is 1. The highest BCUT2D eigenvalue weighted by molar-refractivity contribution is 9.10. The second kappa shape index (κ2) is 3.68. The summed E-state index contributed by atoms with van der Waals surface area (Å²) in [6, 6.07) is 8.63. The lowest BCUT2D eigenvalue weighted by Crippen LogP contribution is -2.26. The maximum Gasteiger partial charge on any atom is 0.0511 e. The summed E-state index contributed by atoms with van der Waals surface area (Å²) < 4.78 is 1.16. The fourth-order valence-corrected chi connectivity index (χ4v) is 2.25. The zero-order chi connectivity index (χ0) is 9.26. The van der Waals surface area contributed by atoms with Crippen LogP contribution >= 0.6 is 15.9 Å². The molecule has 2 N–H and O–H groups in total. The van der Waals surface area contributed by atoms with Gasteiger partial charge in [0.15, 0.2) is 0 Å². The Kier molecular flexibility index (Phi) is 2.56. The summed E-state index contributed by atoms with van der Waals surface area (Å²) in [5.74, 6) is 0. The van der Waals surface area contributed by atoms with E-state index in [2.05, 4.69) is 39.0 Å². The molecule has 0 amide bonds. The standard InChI is InChI=1S/C10H13BrN2/c11-9-3-1-2-4-10(9)13-6-5-8(12)7-13/h1-4,8H,5-7,12H2/t8-/m0/s1. The van der Waals surface area contributed by atoms with E-state index in [0.29, 0.717) is 6.04 Å². The minimum atomic E-state index is 0.340. The summed E-state index contributed by atoms with van der Waals surface area (Å²) in [6.07, 6.45) is 1.10. The van der Waals surface area contributed by atoms with Gasteiger partial charge in [-0.3, -0.25) is 0 Å². The molecule has 1 heterocycles. The van der Waals surface area contributed by atoms with Crippen molar-refractivity contribution in [1.29, 1.82) is 0 Å². The van der Waals surface area contributed by atoms with Crippen LogP contribution in [0.15, 0.2) is 28.7 Å². The molecule has 0 saturated carbocycles. The number of rotatable bonds is 1. The van der Waals surface area contributed by atoms with Crippen molar-refractivity contribution in [3.05, 3.63) is 28.7 Å². The zero-order valence-electron chi connectivity index (χ0n) is 7.41. The lowest BCUT2D eigenvalue weighted by Gasteiger charge is -2.19. The zero-order valence-corrected chi connectivity index (χ0v) is 9.00. The first kappa shape index (κ1) is 9.03. The minimum absolute atomic E-state index is 0.340. The molecule has 0 spiro atoms. The number of anilines is 1. The Morgan fingerprint density at radius 1 is 1.38 bits per heavy atom. The van der Waals surface area contributed by atoms with Gasteiger partial charge in [0.1, 0.15) is 0 Å². The third kappa shape index (κ3) is 1.86. The van der Waals surface area contributed by atoms with Gasteiger partial charge in [0.2, 0.25) is 0 Å². The summed E-state index contributed by atoms with van der Waals surface area (Å²) in [5, 5.41) is 0. The molecule has 0 unspecified atom stereocenters. The molecule has 0 aliphatic carbocycles. The molecule has 1 aromatic carbocycles. The number of hydrogen-bond donors (Lipinski definition) is 1. The first-order valence-corrected chi connectivity index (χ1v) is 5.32. The average Bonchev–Trinajstić information content (AvgIpc) is 2.53. The van der Waals surface area contributed by atoms with Crippen molar-refractivity contribution in [3.8, 4) is 0 Å². The van der Waals surface area contributed by atoms with Crippen LogP contribution in [0.25, 0.3) is 0 Å². The summed E-state index contributed by atoms with van der Waals surface area (Å²) in [7, 11) is 0. The summed E-state index contributed by atoms with van der Waals surface area (Å²) >= 11 is 3.54. The summed E-state index contributed by atoms with van der Waals surface area (Å²) in [4.78, 5) is 2.33. The quantitative estimate of drug-likeness (QED) is 0.814. The van der Waals surface area contributed by atoms with Crippen LogP contribution in [0, 0.1) is 0 Å². The number of benzene rings is 1. The van der Waals surface area contributed by atoms with Crippen LogP contribution < -0.4 is 10.6 Å². The molecule has 1 aliphatic heterocycles. The van der Waals surface area contributed by atoms with Crippen LogP contribution in [0.5, 0.6) is 0 Å². The lowest BCUT2D eigenvalue weighted by atomic mass is 10.3. The SMILES string of the molecule is N[C@H]1CCN(c2ccccc2Br)C1. The molecule has 1 fully saturated rings. The van der Waals surface area contributed by atoms with Gasteiger partial charge in [0.25, 0.3) is 0 Å². The van der Waals surface area contributed by atoms with Crippen LogP contribution in [0.3, 0.4) is 0 Å². The van der Waals surface area contributed by atoms with E-state index < -0.39 is 0 Å². The van der Waals surface area contributed by atoms with E-state index in [4.69, 9.17) is 5.73 Å². The molecule has 1 aromatic rings. The van der Waals surface area contributed by atoms with Crippen molar-refractivity contribution in [1.82, 2.24) is 0 Å². The van der Waals surface area contributed by atoms with Gasteiger partial charge in [-0.15, -0.1) is 0 Å². The molecule has 1 aliphatic rings. The van der Waals surface area contributed by atoms with Gasteiger partial charge in [-0.25, -0.2) is 0 Å². The first-order valence-electron chi connectivity index (χ1n) is 4.52. The maximum atomic E-state index is 5.86. The Labute approximate surface area is 86.9 Å². The molecule has 2 rings (SSSR count). The minimum Gasteiger partial charge on any atom is -0.369 e. The monoisotopic (exact) mass is 240 g/mol. The molecular formula is C10H13BrN2. The molecule has 13 heavy (non-hydrogen) atoms. The summed E-state index contributed by atoms with van der Waals surface area (Å²) in [6.45, 7) is 2.05. The second-order valence-corrected chi connectivity index (χ2v) is 4.30. The topological polar surface area (TPSA) is 29.3 Å². The Hall–Kier alpha value is -0.540. The third-order valence-corrected chi connectivity index (χ3v) is 3.09. The maximum absolute atomic E-state index is 5.86. The van der Waals surface area contributed by atoms with E-state index >= 15 is 0 Å². The van der Waals surface area contributed by atoms with E-state index in [9.17, 15) is 0 Å². The normalized spacial score (nSPS) is 22.3. The van der Waals surface area contributed by atoms with Gasteiger partial charge in [0, 0.05) is 23.6 Å². The molecule has 0 aromatic heterocycles. The summed E-state index contributed by atoms with van der Waals surface area (Å²) in [5.41, 5.74) is 7.12. The molecule has 1 saturated heterocycles. The van der Waals surface area contributed by atoms with Crippen LogP contribution in [0.2, 0.25) is 0 Å². The number of halogens is 1. The van der Waals surface area contributed by atoms with Gasteiger partial charge in [0.05, 0.1) is 5.69 Å². The van der Waals surface area contributed by atoms with E-state index in [1.165, 1.54) is 5.69 Å². The number of nitrogens with zero attached hydrogens (tertiary/aromatic N) is 1. The van der Waals surface area contributed by atoms with Crippen molar-refractivity contribution >= 4 is 21.6 Å². The van der Waals surface area contributed by atoms with Gasteiger partial charge in [-0.2, -0.15) is 0 Å². The first-order chi connectivity index (χ1) is 6.27. The Balaban J connectivity index is 2.21. The highest BCUT2D eigenvalue weighted by Crippen LogP contribution is 2.27. The highest BCUT2D eigenvalue weighted by atomic mass is 79.9. The van der Waals surface area contributed by atoms with Crippen molar-refractivity contribution in [2.24, 2.45) is 5.73 Å². The van der Waals surface area contributed by atoms with Gasteiger partial charge in [-0.05, 0) is 34.5 Å². The Morgan fingerprint density at radius 2 is 2.15 bits per heavy atom. The van der Waals surface area contributed by atoms with Gasteiger partial charge < -0.3 is 10.6 Å². The molecular weight excluding hydrogens is 228 g/mol. The molecule has 3 heteroatoms. The highest BCUT2D eigenvalue weighted by Gasteiger charge is 2.20. The van der Waals surface area contributed by atoms with E-state index in [1.807, 2.05) is 6.07 Å². The Morgan fingerprint density at radius 3 is 2.77 bits per heavy atom. The van der Waals surface area contributed by atoms with E-state index in [0.717, 1.165) is 24.0 Å². The molecule has 0 radical (unpaired) electrons.